The van der Waals surface area contributed by atoms with E-state index in [9.17, 15) is 14.4 Å². The van der Waals surface area contributed by atoms with E-state index in [1.54, 1.807) is 13.2 Å². The maximum atomic E-state index is 13.2. The first kappa shape index (κ1) is 21.8. The molecule has 0 bridgehead atoms. The second-order valence-corrected chi connectivity index (χ2v) is 8.70. The highest BCUT2D eigenvalue weighted by Crippen LogP contribution is 2.37. The first-order valence-electron chi connectivity index (χ1n) is 10.9. The van der Waals surface area contributed by atoms with E-state index in [0.717, 1.165) is 5.56 Å². The molecule has 1 saturated heterocycles. The van der Waals surface area contributed by atoms with E-state index in [1.165, 1.54) is 4.90 Å². The van der Waals surface area contributed by atoms with Gasteiger partial charge in [0.15, 0.2) is 5.82 Å². The number of ether oxygens (including phenoxy) is 1. The predicted molar refractivity (Wildman–Crippen MR) is 120 cm³/mol. The fraction of sp³-hybridized carbons (Fsp3) is 0.417. The van der Waals surface area contributed by atoms with Crippen LogP contribution in [-0.2, 0) is 14.4 Å². The van der Waals surface area contributed by atoms with E-state index in [4.69, 9.17) is 4.74 Å². The van der Waals surface area contributed by atoms with Crippen molar-refractivity contribution in [1.82, 2.24) is 15.1 Å². The quantitative estimate of drug-likeness (QED) is 0.511. The molecule has 1 aliphatic carbocycles. The zero-order valence-corrected chi connectivity index (χ0v) is 18.5. The monoisotopic (exact) mass is 436 g/mol. The van der Waals surface area contributed by atoms with Gasteiger partial charge < -0.3 is 10.1 Å². The van der Waals surface area contributed by atoms with Crippen LogP contribution < -0.4 is 10.1 Å². The van der Waals surface area contributed by atoms with E-state index >= 15 is 0 Å². The minimum absolute atomic E-state index is 0.121. The van der Waals surface area contributed by atoms with E-state index in [-0.39, 0.29) is 29.6 Å². The van der Waals surface area contributed by atoms with Crippen molar-refractivity contribution >= 4 is 23.5 Å². The minimum atomic E-state index is -0.869. The summed E-state index contributed by atoms with van der Waals surface area (Å²) in [4.78, 5) is 40.5. The summed E-state index contributed by atoms with van der Waals surface area (Å²) in [5, 5.41) is 9.90. The number of benzene rings is 1. The van der Waals surface area contributed by atoms with Gasteiger partial charge in [-0.3, -0.25) is 24.4 Å². The Morgan fingerprint density at radius 3 is 2.47 bits per heavy atom. The molecule has 3 atom stereocenters. The van der Waals surface area contributed by atoms with Gasteiger partial charge in [-0.05, 0) is 37.3 Å². The van der Waals surface area contributed by atoms with Gasteiger partial charge in [-0.2, -0.15) is 5.10 Å². The highest BCUT2D eigenvalue weighted by molar-refractivity contribution is 6.10. The number of H-pyrrole nitrogens is 1. The molecular formula is C24H28N4O4. The van der Waals surface area contributed by atoms with Crippen LogP contribution in [0.1, 0.15) is 33.1 Å². The van der Waals surface area contributed by atoms with Crippen LogP contribution in [-0.4, -0.2) is 46.0 Å². The lowest BCUT2D eigenvalue weighted by molar-refractivity contribution is -0.147. The van der Waals surface area contributed by atoms with Gasteiger partial charge in [0.1, 0.15) is 11.8 Å². The number of fused-ring (bicyclic) bond motifs is 1. The maximum absolute atomic E-state index is 13.2. The van der Waals surface area contributed by atoms with Gasteiger partial charge in [0.05, 0.1) is 24.6 Å². The van der Waals surface area contributed by atoms with Crippen molar-refractivity contribution in [1.29, 1.82) is 0 Å². The number of imide groups is 1. The normalized spacial score (nSPS) is 21.1. The minimum Gasteiger partial charge on any atom is -0.496 e. The average Bonchev–Trinajstić information content (AvgIpc) is 3.35. The van der Waals surface area contributed by atoms with E-state index in [1.807, 2.05) is 50.3 Å². The molecule has 8 heteroatoms. The second-order valence-electron chi connectivity index (χ2n) is 8.70. The number of anilines is 1. The number of carbonyl (C=O) groups is 3. The molecule has 1 aromatic carbocycles. The highest BCUT2D eigenvalue weighted by Gasteiger charge is 2.51. The van der Waals surface area contributed by atoms with Gasteiger partial charge in [-0.15, -0.1) is 0 Å². The van der Waals surface area contributed by atoms with Gasteiger partial charge in [-0.25, -0.2) is 0 Å². The van der Waals surface area contributed by atoms with E-state index in [0.29, 0.717) is 36.5 Å². The SMILES string of the molecule is COc1ccccc1-c1cc(NC(=O)C(CC(C)C)N2C(=O)C3CC=CCC3C2=O)n[nH]1. The number of carbonyl (C=O) groups excluding carboxylic acids is 3. The Kier molecular flexibility index (Phi) is 6.12. The molecule has 0 saturated carbocycles. The zero-order chi connectivity index (χ0) is 22.8. The number of allylic oxidation sites excluding steroid dienone is 2. The summed E-state index contributed by atoms with van der Waals surface area (Å²) in [6.07, 6.45) is 5.36. The number of nitrogens with zero attached hydrogens (tertiary/aromatic N) is 2. The lowest BCUT2D eigenvalue weighted by atomic mass is 9.85. The van der Waals surface area contributed by atoms with Crippen LogP contribution in [0.5, 0.6) is 5.75 Å². The fourth-order valence-corrected chi connectivity index (χ4v) is 4.51. The topological polar surface area (TPSA) is 104 Å². The predicted octanol–water partition coefficient (Wildman–Crippen LogP) is 3.39. The van der Waals surface area contributed by atoms with Crippen LogP contribution in [0.2, 0.25) is 0 Å². The van der Waals surface area contributed by atoms with Gasteiger partial charge >= 0.3 is 0 Å². The Bertz CT molecular complexity index is 1030. The van der Waals surface area contributed by atoms with Crippen LogP contribution in [0.3, 0.4) is 0 Å². The summed E-state index contributed by atoms with van der Waals surface area (Å²) in [5.41, 5.74) is 1.49. The summed E-state index contributed by atoms with van der Waals surface area (Å²) >= 11 is 0. The largest absolute Gasteiger partial charge is 0.496 e. The van der Waals surface area contributed by atoms with Crippen LogP contribution in [0.15, 0.2) is 42.5 Å². The molecular weight excluding hydrogens is 408 g/mol. The van der Waals surface area contributed by atoms with Crippen molar-refractivity contribution < 1.29 is 19.1 Å². The first-order valence-corrected chi connectivity index (χ1v) is 10.9. The van der Waals surface area contributed by atoms with Crippen molar-refractivity contribution in [2.75, 3.05) is 12.4 Å². The molecule has 0 spiro atoms. The summed E-state index contributed by atoms with van der Waals surface area (Å²) in [6, 6.07) is 8.32. The fourth-order valence-electron chi connectivity index (χ4n) is 4.51. The van der Waals surface area contributed by atoms with Crippen LogP contribution >= 0.6 is 0 Å². The lowest BCUT2D eigenvalue weighted by Gasteiger charge is -2.27. The van der Waals surface area contributed by atoms with Crippen molar-refractivity contribution in [2.45, 2.75) is 39.2 Å². The summed E-state index contributed by atoms with van der Waals surface area (Å²) in [7, 11) is 1.59. The molecule has 3 unspecified atom stereocenters. The number of aromatic nitrogens is 2. The number of likely N-dealkylation sites (tertiary alicyclic amines) is 1. The molecule has 2 aliphatic rings. The van der Waals surface area contributed by atoms with Crippen molar-refractivity contribution in [3.8, 4) is 17.0 Å². The Morgan fingerprint density at radius 1 is 1.19 bits per heavy atom. The van der Waals surface area contributed by atoms with Crippen LogP contribution in [0.4, 0.5) is 5.82 Å². The van der Waals surface area contributed by atoms with E-state index in [2.05, 4.69) is 15.5 Å². The van der Waals surface area contributed by atoms with Gasteiger partial charge in [-0.1, -0.05) is 38.1 Å². The average molecular weight is 437 g/mol. The van der Waals surface area contributed by atoms with Crippen LogP contribution in [0, 0.1) is 17.8 Å². The number of para-hydroxylation sites is 1. The molecule has 8 nitrogen and oxygen atoms in total. The zero-order valence-electron chi connectivity index (χ0n) is 18.5. The Hall–Kier alpha value is -3.42. The smallest absolute Gasteiger partial charge is 0.248 e. The first-order chi connectivity index (χ1) is 15.4. The van der Waals surface area contributed by atoms with Crippen molar-refractivity contribution in [3.05, 3.63) is 42.5 Å². The number of methoxy groups -OCH3 is 1. The number of rotatable bonds is 7. The molecule has 0 radical (unpaired) electrons. The molecule has 1 aliphatic heterocycles. The van der Waals surface area contributed by atoms with Crippen molar-refractivity contribution in [3.63, 3.8) is 0 Å². The van der Waals surface area contributed by atoms with Gasteiger partial charge in [0.25, 0.3) is 0 Å². The standard InChI is InChI=1S/C24H28N4O4/c1-14(2)12-19(28-23(30)15-8-4-5-9-16(15)24(28)31)22(29)25-21-13-18(26-27-21)17-10-6-7-11-20(17)32-3/h4-7,10-11,13-16,19H,8-9,12H2,1-3H3,(H2,25,26,27,29). The Labute approximate surface area is 187 Å². The summed E-state index contributed by atoms with van der Waals surface area (Å²) in [5.74, 6) is -0.515. The third-order valence-electron chi connectivity index (χ3n) is 6.08. The molecule has 4 rings (SSSR count). The summed E-state index contributed by atoms with van der Waals surface area (Å²) < 4.78 is 5.39. The van der Waals surface area contributed by atoms with Gasteiger partial charge in [0, 0.05) is 11.6 Å². The number of hydrogen-bond acceptors (Lipinski definition) is 5. The molecule has 168 valence electrons. The number of amides is 3. The molecule has 3 amide bonds. The third kappa shape index (κ3) is 4.04. The lowest BCUT2D eigenvalue weighted by Crippen LogP contribution is -2.48. The Balaban J connectivity index is 1.55. The maximum Gasteiger partial charge on any atom is 0.248 e. The molecule has 1 aromatic heterocycles. The number of aromatic amines is 1. The molecule has 2 aromatic rings. The number of hydrogen-bond donors (Lipinski definition) is 2. The molecule has 2 heterocycles. The Morgan fingerprint density at radius 2 is 1.84 bits per heavy atom. The highest BCUT2D eigenvalue weighted by atomic mass is 16.5. The third-order valence-corrected chi connectivity index (χ3v) is 6.08. The van der Waals surface area contributed by atoms with E-state index < -0.39 is 11.9 Å². The van der Waals surface area contributed by atoms with Crippen LogP contribution in [0.25, 0.3) is 11.3 Å². The second kappa shape index (κ2) is 8.98. The van der Waals surface area contributed by atoms with Gasteiger partial charge in [0.2, 0.25) is 17.7 Å². The molecule has 1 fully saturated rings. The molecule has 2 N–H and O–H groups in total. The number of nitrogens with one attached hydrogen (secondary N) is 2. The molecule has 32 heavy (non-hydrogen) atoms. The van der Waals surface area contributed by atoms with Crippen molar-refractivity contribution in [2.24, 2.45) is 17.8 Å². The summed E-state index contributed by atoms with van der Waals surface area (Å²) in [6.45, 7) is 3.93.